The van der Waals surface area contributed by atoms with Gasteiger partial charge >= 0.3 is 6.05 Å². The van der Waals surface area contributed by atoms with E-state index < -0.39 is 6.05 Å². The van der Waals surface area contributed by atoms with Crippen molar-refractivity contribution in [3.8, 4) is 0 Å². The van der Waals surface area contributed by atoms with Crippen LogP contribution in [-0.2, 0) is 6.05 Å². The molecule has 1 aliphatic rings. The number of benzene rings is 1. The van der Waals surface area contributed by atoms with Gasteiger partial charge in [0.2, 0.25) is 0 Å². The summed E-state index contributed by atoms with van der Waals surface area (Å²) in [5.74, 6) is 1.43. The highest BCUT2D eigenvalue weighted by Crippen LogP contribution is 2.38. The Morgan fingerprint density at radius 2 is 1.62 bits per heavy atom. The molecule has 1 aromatic rings. The third-order valence-corrected chi connectivity index (χ3v) is 4.83. The van der Waals surface area contributed by atoms with Crippen LogP contribution in [0.15, 0.2) is 24.3 Å². The van der Waals surface area contributed by atoms with Crippen LogP contribution < -0.4 is 0 Å². The number of halogens is 2. The fourth-order valence-electron chi connectivity index (χ4n) is 3.41. The Morgan fingerprint density at radius 1 is 1.05 bits per heavy atom. The molecule has 1 fully saturated rings. The number of alkyl halides is 2. The molecule has 118 valence electrons. The first kappa shape index (κ1) is 16.4. The molecule has 1 saturated carbocycles. The van der Waals surface area contributed by atoms with Crippen molar-refractivity contribution in [3.63, 3.8) is 0 Å². The molecule has 0 amide bonds. The Bertz CT molecular complexity index is 431. The van der Waals surface area contributed by atoms with E-state index >= 15 is 0 Å². The quantitative estimate of drug-likeness (QED) is 0.660. The maximum atomic E-state index is 13.9. The van der Waals surface area contributed by atoms with E-state index in [1.165, 1.54) is 58.2 Å². The van der Waals surface area contributed by atoms with Crippen molar-refractivity contribution in [2.75, 3.05) is 14.1 Å². The molecule has 0 saturated heterocycles. The van der Waals surface area contributed by atoms with Gasteiger partial charge in [-0.1, -0.05) is 44.0 Å². The van der Waals surface area contributed by atoms with Crippen molar-refractivity contribution in [2.45, 2.75) is 57.4 Å². The van der Waals surface area contributed by atoms with Gasteiger partial charge in [-0.25, -0.2) is 4.90 Å². The maximum Gasteiger partial charge on any atom is 0.331 e. The van der Waals surface area contributed by atoms with Crippen LogP contribution in [0.25, 0.3) is 0 Å². The lowest BCUT2D eigenvalue weighted by Crippen LogP contribution is -2.32. The van der Waals surface area contributed by atoms with Gasteiger partial charge in [0.25, 0.3) is 0 Å². The fraction of sp³-hybridized carbons (Fsp3) is 0.667. The number of rotatable bonds is 5. The van der Waals surface area contributed by atoms with Crippen molar-refractivity contribution >= 4 is 0 Å². The summed E-state index contributed by atoms with van der Waals surface area (Å²) in [5.41, 5.74) is 1.30. The monoisotopic (exact) mass is 295 g/mol. The molecule has 0 radical (unpaired) electrons. The molecule has 2 rings (SSSR count). The highest BCUT2D eigenvalue weighted by molar-refractivity contribution is 5.28. The Balaban J connectivity index is 2.00. The average molecular weight is 295 g/mol. The molecule has 0 spiro atoms. The van der Waals surface area contributed by atoms with E-state index in [1.807, 2.05) is 12.1 Å². The van der Waals surface area contributed by atoms with E-state index in [4.69, 9.17) is 0 Å². The van der Waals surface area contributed by atoms with E-state index in [1.54, 1.807) is 12.1 Å². The van der Waals surface area contributed by atoms with Crippen LogP contribution in [0.3, 0.4) is 0 Å². The van der Waals surface area contributed by atoms with Crippen molar-refractivity contribution in [1.82, 2.24) is 4.90 Å². The molecule has 21 heavy (non-hydrogen) atoms. The summed E-state index contributed by atoms with van der Waals surface area (Å²) < 4.78 is 27.8. The standard InChI is InChI=1S/C18H27F2N/c1-4-5-14-6-8-15(9-7-14)16-10-12-17(13-11-16)18(19,20)21(2)3/h10-15H,4-9H2,1-3H3. The van der Waals surface area contributed by atoms with Gasteiger partial charge in [0.15, 0.2) is 0 Å². The van der Waals surface area contributed by atoms with E-state index in [0.29, 0.717) is 5.92 Å². The summed E-state index contributed by atoms with van der Waals surface area (Å²) >= 11 is 0. The highest BCUT2D eigenvalue weighted by atomic mass is 19.3. The van der Waals surface area contributed by atoms with Crippen LogP contribution in [0.5, 0.6) is 0 Å². The molecule has 0 aliphatic heterocycles. The number of nitrogens with zero attached hydrogens (tertiary/aromatic N) is 1. The Hall–Kier alpha value is -0.960. The van der Waals surface area contributed by atoms with Crippen molar-refractivity contribution in [1.29, 1.82) is 0 Å². The molecule has 0 atom stereocenters. The van der Waals surface area contributed by atoms with Gasteiger partial charge in [-0.2, -0.15) is 8.78 Å². The average Bonchev–Trinajstić information content (AvgIpc) is 2.48. The third kappa shape index (κ3) is 3.82. The summed E-state index contributed by atoms with van der Waals surface area (Å²) in [6, 6.07) is 4.09. The molecule has 3 heteroatoms. The second-order valence-electron chi connectivity index (χ2n) is 6.56. The van der Waals surface area contributed by atoms with Crippen LogP contribution >= 0.6 is 0 Å². The Morgan fingerprint density at radius 3 is 2.10 bits per heavy atom. The second kappa shape index (κ2) is 6.87. The van der Waals surface area contributed by atoms with Crippen LogP contribution in [0, 0.1) is 5.92 Å². The summed E-state index contributed by atoms with van der Waals surface area (Å²) in [6.45, 7) is 2.25. The molecule has 1 aliphatic carbocycles. The lowest BCUT2D eigenvalue weighted by atomic mass is 9.77. The first-order valence-electron chi connectivity index (χ1n) is 8.10. The SMILES string of the molecule is CCCC1CCC(c2ccc(C(F)(F)N(C)C)cc2)CC1. The number of hydrogen-bond donors (Lipinski definition) is 0. The van der Waals surface area contributed by atoms with E-state index in [9.17, 15) is 8.78 Å². The fourth-order valence-corrected chi connectivity index (χ4v) is 3.41. The second-order valence-corrected chi connectivity index (χ2v) is 6.56. The third-order valence-electron chi connectivity index (χ3n) is 4.83. The van der Waals surface area contributed by atoms with Gasteiger partial charge in [0, 0.05) is 5.56 Å². The van der Waals surface area contributed by atoms with Crippen LogP contribution in [0.2, 0.25) is 0 Å². The predicted molar refractivity (Wildman–Crippen MR) is 83.6 cm³/mol. The zero-order valence-corrected chi connectivity index (χ0v) is 13.4. The summed E-state index contributed by atoms with van der Waals surface area (Å²) in [4.78, 5) is 0.956. The first-order valence-corrected chi connectivity index (χ1v) is 8.10. The molecule has 0 heterocycles. The lowest BCUT2D eigenvalue weighted by Gasteiger charge is -2.29. The lowest BCUT2D eigenvalue weighted by molar-refractivity contribution is -0.130. The predicted octanol–water partition coefficient (Wildman–Crippen LogP) is 5.37. The molecule has 0 bridgehead atoms. The molecule has 0 aromatic heterocycles. The molecule has 0 unspecified atom stereocenters. The summed E-state index contributed by atoms with van der Waals surface area (Å²) in [7, 11) is 2.81. The van der Waals surface area contributed by atoms with Crippen LogP contribution in [0.4, 0.5) is 8.78 Å². The molecular weight excluding hydrogens is 268 g/mol. The maximum absolute atomic E-state index is 13.9. The van der Waals surface area contributed by atoms with Gasteiger partial charge < -0.3 is 0 Å². The van der Waals surface area contributed by atoms with Gasteiger partial charge in [0.05, 0.1) is 0 Å². The number of hydrogen-bond acceptors (Lipinski definition) is 1. The minimum absolute atomic E-state index is 0.0796. The molecule has 0 N–H and O–H groups in total. The first-order chi connectivity index (χ1) is 9.95. The molecular formula is C18H27F2N. The largest absolute Gasteiger partial charge is 0.331 e. The van der Waals surface area contributed by atoms with Crippen molar-refractivity contribution in [3.05, 3.63) is 35.4 Å². The zero-order valence-electron chi connectivity index (χ0n) is 13.4. The smallest absolute Gasteiger partial charge is 0.247 e. The molecule has 1 nitrogen and oxygen atoms in total. The Labute approximate surface area is 127 Å². The molecule has 1 aromatic carbocycles. The summed E-state index contributed by atoms with van der Waals surface area (Å²) in [6.07, 6.45) is 7.58. The normalized spacial score (nSPS) is 23.5. The minimum Gasteiger partial charge on any atom is -0.247 e. The highest BCUT2D eigenvalue weighted by Gasteiger charge is 2.34. The van der Waals surface area contributed by atoms with Gasteiger partial charge in [-0.15, -0.1) is 0 Å². The van der Waals surface area contributed by atoms with Gasteiger partial charge in [-0.05, 0) is 57.2 Å². The van der Waals surface area contributed by atoms with Gasteiger partial charge in [-0.3, -0.25) is 0 Å². The topological polar surface area (TPSA) is 3.24 Å². The van der Waals surface area contributed by atoms with E-state index in [0.717, 1.165) is 10.8 Å². The zero-order chi connectivity index (χ0) is 15.5. The minimum atomic E-state index is -2.89. The van der Waals surface area contributed by atoms with E-state index in [2.05, 4.69) is 6.92 Å². The van der Waals surface area contributed by atoms with Crippen molar-refractivity contribution < 1.29 is 8.78 Å². The van der Waals surface area contributed by atoms with Gasteiger partial charge in [0.1, 0.15) is 0 Å². The summed E-state index contributed by atoms with van der Waals surface area (Å²) in [5, 5.41) is 0. The van der Waals surface area contributed by atoms with Crippen LogP contribution in [-0.4, -0.2) is 19.0 Å². The van der Waals surface area contributed by atoms with E-state index in [-0.39, 0.29) is 5.56 Å². The van der Waals surface area contributed by atoms with Crippen LogP contribution in [0.1, 0.15) is 62.5 Å². The Kier molecular flexibility index (Phi) is 5.37. The van der Waals surface area contributed by atoms with Crippen molar-refractivity contribution in [2.24, 2.45) is 5.92 Å².